The van der Waals surface area contributed by atoms with Crippen molar-refractivity contribution >= 4 is 17.5 Å². The van der Waals surface area contributed by atoms with Crippen LogP contribution in [0.25, 0.3) is 0 Å². The van der Waals surface area contributed by atoms with Gasteiger partial charge in [-0.15, -0.1) is 0 Å². The molecule has 7 heteroatoms. The summed E-state index contributed by atoms with van der Waals surface area (Å²) in [6.45, 7) is 6.83. The summed E-state index contributed by atoms with van der Waals surface area (Å²) in [5.74, 6) is 0.522. The third kappa shape index (κ3) is 7.22. The van der Waals surface area contributed by atoms with Crippen molar-refractivity contribution in [2.24, 2.45) is 5.92 Å². The number of hydrogen-bond acceptors (Lipinski definition) is 5. The summed E-state index contributed by atoms with van der Waals surface area (Å²) in [5, 5.41) is 5.83. The van der Waals surface area contributed by atoms with Crippen molar-refractivity contribution in [2.45, 2.75) is 38.8 Å². The summed E-state index contributed by atoms with van der Waals surface area (Å²) in [5.41, 5.74) is 1.69. The number of carbonyl (C=O) groups is 2. The summed E-state index contributed by atoms with van der Waals surface area (Å²) in [4.78, 5) is 26.6. The topological polar surface area (TPSA) is 79.9 Å². The van der Waals surface area contributed by atoms with E-state index in [4.69, 9.17) is 9.47 Å². The van der Waals surface area contributed by atoms with Gasteiger partial charge in [-0.3, -0.25) is 14.5 Å². The van der Waals surface area contributed by atoms with Crippen molar-refractivity contribution in [3.8, 4) is 0 Å². The first-order valence-electron chi connectivity index (χ1n) is 10.2. The van der Waals surface area contributed by atoms with Crippen LogP contribution in [-0.2, 0) is 25.6 Å². The van der Waals surface area contributed by atoms with Crippen LogP contribution in [0.4, 0.5) is 5.69 Å². The Kier molecular flexibility index (Phi) is 7.82. The molecular weight excluding hydrogens is 358 g/mol. The highest BCUT2D eigenvalue weighted by atomic mass is 16.5. The minimum Gasteiger partial charge on any atom is -0.379 e. The Morgan fingerprint density at radius 1 is 1.29 bits per heavy atom. The quantitative estimate of drug-likeness (QED) is 0.638. The smallest absolute Gasteiger partial charge is 0.249 e. The predicted octanol–water partition coefficient (Wildman–Crippen LogP) is 1.78. The molecule has 2 N–H and O–H groups in total. The van der Waals surface area contributed by atoms with Gasteiger partial charge >= 0.3 is 0 Å². The average Bonchev–Trinajstić information content (AvgIpc) is 3.54. The highest BCUT2D eigenvalue weighted by Gasteiger charge is 2.24. The zero-order valence-corrected chi connectivity index (χ0v) is 16.6. The molecule has 1 atom stereocenters. The lowest BCUT2D eigenvalue weighted by molar-refractivity contribution is -0.132. The van der Waals surface area contributed by atoms with E-state index in [1.54, 1.807) is 6.92 Å². The van der Waals surface area contributed by atoms with Crippen LogP contribution in [0.15, 0.2) is 24.3 Å². The summed E-state index contributed by atoms with van der Waals surface area (Å²) < 4.78 is 10.9. The monoisotopic (exact) mass is 389 g/mol. The fraction of sp³-hybridized carbons (Fsp3) is 0.619. The molecule has 0 bridgehead atoms. The number of anilines is 1. The van der Waals surface area contributed by atoms with Crippen molar-refractivity contribution in [2.75, 3.05) is 44.8 Å². The molecule has 1 aliphatic heterocycles. The molecule has 0 radical (unpaired) electrons. The predicted molar refractivity (Wildman–Crippen MR) is 107 cm³/mol. The first-order chi connectivity index (χ1) is 13.6. The van der Waals surface area contributed by atoms with E-state index >= 15 is 0 Å². The van der Waals surface area contributed by atoms with Crippen LogP contribution >= 0.6 is 0 Å². The lowest BCUT2D eigenvalue weighted by atomic mass is 10.2. The van der Waals surface area contributed by atoms with Gasteiger partial charge in [0.15, 0.2) is 0 Å². The van der Waals surface area contributed by atoms with Crippen molar-refractivity contribution in [3.63, 3.8) is 0 Å². The maximum absolute atomic E-state index is 12.2. The molecule has 0 spiro atoms. The zero-order chi connectivity index (χ0) is 19.8. The van der Waals surface area contributed by atoms with Gasteiger partial charge in [0, 0.05) is 38.3 Å². The Bertz CT molecular complexity index is 657. The molecule has 3 rings (SSSR count). The summed E-state index contributed by atoms with van der Waals surface area (Å²) >= 11 is 0. The van der Waals surface area contributed by atoms with Crippen molar-refractivity contribution in [1.29, 1.82) is 0 Å². The van der Waals surface area contributed by atoms with Gasteiger partial charge in [-0.2, -0.15) is 0 Å². The lowest BCUT2D eigenvalue weighted by Gasteiger charge is -2.26. The van der Waals surface area contributed by atoms with Gasteiger partial charge in [-0.25, -0.2) is 0 Å². The molecule has 154 valence electrons. The largest absolute Gasteiger partial charge is 0.379 e. The minimum atomic E-state index is -0.441. The number of nitrogens with one attached hydrogen (secondary N) is 2. The zero-order valence-electron chi connectivity index (χ0n) is 16.6. The maximum atomic E-state index is 12.2. The molecule has 1 aromatic carbocycles. The molecule has 1 aliphatic carbocycles. The number of rotatable bonds is 10. The number of carbonyl (C=O) groups excluding carboxylic acids is 2. The van der Waals surface area contributed by atoms with E-state index in [1.165, 1.54) is 12.8 Å². The Labute approximate surface area is 166 Å². The molecule has 1 aromatic rings. The molecule has 2 amide bonds. The van der Waals surface area contributed by atoms with E-state index in [1.807, 2.05) is 24.3 Å². The molecule has 1 heterocycles. The van der Waals surface area contributed by atoms with Gasteiger partial charge in [-0.1, -0.05) is 12.1 Å². The highest BCUT2D eigenvalue weighted by molar-refractivity contribution is 5.90. The third-order valence-corrected chi connectivity index (χ3v) is 5.08. The van der Waals surface area contributed by atoms with Gasteiger partial charge in [0.25, 0.3) is 0 Å². The summed E-state index contributed by atoms with van der Waals surface area (Å²) in [6.07, 6.45) is 2.43. The van der Waals surface area contributed by atoms with E-state index in [0.717, 1.165) is 44.1 Å². The van der Waals surface area contributed by atoms with Crippen LogP contribution in [0, 0.1) is 5.92 Å². The molecule has 2 aliphatic rings. The van der Waals surface area contributed by atoms with E-state index in [-0.39, 0.29) is 11.8 Å². The van der Waals surface area contributed by atoms with Crippen LogP contribution in [0.3, 0.4) is 0 Å². The lowest BCUT2D eigenvalue weighted by Crippen LogP contribution is -2.38. The van der Waals surface area contributed by atoms with Crippen LogP contribution in [0.1, 0.15) is 31.7 Å². The number of morpholine rings is 1. The molecule has 7 nitrogen and oxygen atoms in total. The molecule has 2 fully saturated rings. The second kappa shape index (κ2) is 10.5. The SMILES string of the molecule is CC(OCC1CC1)C(=O)NCc1cccc(NC(=O)CCN2CCOCC2)c1. The first kappa shape index (κ1) is 20.8. The molecule has 0 aromatic heterocycles. The fourth-order valence-electron chi connectivity index (χ4n) is 3.04. The summed E-state index contributed by atoms with van der Waals surface area (Å²) in [6, 6.07) is 7.56. The van der Waals surface area contributed by atoms with Gasteiger partial charge in [0.1, 0.15) is 6.10 Å². The van der Waals surface area contributed by atoms with E-state index < -0.39 is 6.10 Å². The number of benzene rings is 1. The van der Waals surface area contributed by atoms with Crippen LogP contribution < -0.4 is 10.6 Å². The normalized spacial score (nSPS) is 18.5. The van der Waals surface area contributed by atoms with Gasteiger partial charge in [-0.05, 0) is 43.4 Å². The van der Waals surface area contributed by atoms with E-state index in [9.17, 15) is 9.59 Å². The maximum Gasteiger partial charge on any atom is 0.249 e. The number of nitrogens with zero attached hydrogens (tertiary/aromatic N) is 1. The Morgan fingerprint density at radius 3 is 2.82 bits per heavy atom. The second-order valence-corrected chi connectivity index (χ2v) is 7.59. The van der Waals surface area contributed by atoms with Gasteiger partial charge in [0.05, 0.1) is 19.8 Å². The van der Waals surface area contributed by atoms with Crippen LogP contribution in [-0.4, -0.2) is 62.3 Å². The molecule has 1 saturated heterocycles. The number of ether oxygens (including phenoxy) is 2. The van der Waals surface area contributed by atoms with Crippen molar-refractivity contribution in [1.82, 2.24) is 10.2 Å². The molecule has 1 unspecified atom stereocenters. The summed E-state index contributed by atoms with van der Waals surface area (Å²) in [7, 11) is 0. The molecular formula is C21H31N3O4. The van der Waals surface area contributed by atoms with E-state index in [0.29, 0.717) is 25.5 Å². The van der Waals surface area contributed by atoms with Gasteiger partial charge < -0.3 is 20.1 Å². The standard InChI is InChI=1S/C21H31N3O4/c1-16(28-15-17-5-6-17)21(26)22-14-18-3-2-4-19(13-18)23-20(25)7-8-24-9-11-27-12-10-24/h2-4,13,16-17H,5-12,14-15H2,1H3,(H,22,26)(H,23,25). The first-order valence-corrected chi connectivity index (χ1v) is 10.2. The average molecular weight is 389 g/mol. The Morgan fingerprint density at radius 2 is 2.07 bits per heavy atom. The third-order valence-electron chi connectivity index (χ3n) is 5.08. The molecule has 1 saturated carbocycles. The number of hydrogen-bond donors (Lipinski definition) is 2. The van der Waals surface area contributed by atoms with Crippen molar-refractivity contribution in [3.05, 3.63) is 29.8 Å². The van der Waals surface area contributed by atoms with Gasteiger partial charge in [0.2, 0.25) is 11.8 Å². The highest BCUT2D eigenvalue weighted by Crippen LogP contribution is 2.29. The van der Waals surface area contributed by atoms with E-state index in [2.05, 4.69) is 15.5 Å². The van der Waals surface area contributed by atoms with Crippen LogP contribution in [0.5, 0.6) is 0 Å². The minimum absolute atomic E-state index is 0.00484. The number of amides is 2. The Balaban J connectivity index is 1.38. The van der Waals surface area contributed by atoms with Crippen LogP contribution in [0.2, 0.25) is 0 Å². The second-order valence-electron chi connectivity index (χ2n) is 7.59. The molecule has 28 heavy (non-hydrogen) atoms. The van der Waals surface area contributed by atoms with Crippen molar-refractivity contribution < 1.29 is 19.1 Å². The fourth-order valence-corrected chi connectivity index (χ4v) is 3.04. The Hall–Kier alpha value is -1.96.